The van der Waals surface area contributed by atoms with E-state index in [1.54, 1.807) is 36.4 Å². The van der Waals surface area contributed by atoms with Gasteiger partial charge < -0.3 is 10.6 Å². The fourth-order valence-corrected chi connectivity index (χ4v) is 3.63. The van der Waals surface area contributed by atoms with E-state index in [0.717, 1.165) is 15.8 Å². The monoisotopic (exact) mass is 434 g/mol. The summed E-state index contributed by atoms with van der Waals surface area (Å²) >= 11 is 6.04. The minimum Gasteiger partial charge on any atom is -0.363 e. The highest BCUT2D eigenvalue weighted by Crippen LogP contribution is 2.43. The van der Waals surface area contributed by atoms with Gasteiger partial charge in [-0.25, -0.2) is 4.68 Å². The van der Waals surface area contributed by atoms with Crippen LogP contribution in [0.2, 0.25) is 5.02 Å². The summed E-state index contributed by atoms with van der Waals surface area (Å²) in [5.41, 5.74) is 1.99. The van der Waals surface area contributed by atoms with E-state index in [4.69, 9.17) is 11.6 Å². The molecule has 0 spiro atoms. The van der Waals surface area contributed by atoms with Crippen LogP contribution < -0.4 is 10.6 Å². The predicted octanol–water partition coefficient (Wildman–Crippen LogP) is 5.76. The lowest BCUT2D eigenvalue weighted by Crippen LogP contribution is -2.35. The van der Waals surface area contributed by atoms with Crippen molar-refractivity contribution in [1.82, 2.24) is 9.78 Å². The molecule has 1 aliphatic heterocycles. The largest absolute Gasteiger partial charge is 0.410 e. The number of carbonyl (C=O) groups excluding carboxylic acids is 1. The number of para-hydroxylation sites is 1. The quantitative estimate of drug-likeness (QED) is 0.551. The number of fused-ring (bicyclic) bond motifs is 1. The van der Waals surface area contributed by atoms with Gasteiger partial charge in [-0.3, -0.25) is 4.79 Å². The van der Waals surface area contributed by atoms with Gasteiger partial charge in [-0.2, -0.15) is 18.3 Å². The third-order valence-corrected chi connectivity index (χ3v) is 5.35. The van der Waals surface area contributed by atoms with Crippen LogP contribution in [-0.2, 0) is 0 Å². The van der Waals surface area contributed by atoms with Crippen LogP contribution in [0.5, 0.6) is 0 Å². The second-order valence-corrected chi connectivity index (χ2v) is 7.60. The molecule has 1 aromatic heterocycles. The zero-order valence-corrected chi connectivity index (χ0v) is 16.6. The molecule has 0 saturated heterocycles. The van der Waals surface area contributed by atoms with Crippen molar-refractivity contribution >= 4 is 29.0 Å². The zero-order chi connectivity index (χ0) is 21.5. The van der Waals surface area contributed by atoms with E-state index < -0.39 is 24.2 Å². The first-order valence-corrected chi connectivity index (χ1v) is 9.65. The van der Waals surface area contributed by atoms with Crippen LogP contribution >= 0.6 is 11.6 Å². The third kappa shape index (κ3) is 4.00. The van der Waals surface area contributed by atoms with Gasteiger partial charge in [0.25, 0.3) is 5.91 Å². The molecule has 0 bridgehead atoms. The Morgan fingerprint density at radius 3 is 2.57 bits per heavy atom. The Morgan fingerprint density at radius 2 is 1.90 bits per heavy atom. The van der Waals surface area contributed by atoms with Gasteiger partial charge in [0.05, 0.1) is 16.8 Å². The highest BCUT2D eigenvalue weighted by atomic mass is 35.5. The molecule has 0 fully saturated rings. The van der Waals surface area contributed by atoms with Gasteiger partial charge in [0.2, 0.25) is 0 Å². The van der Waals surface area contributed by atoms with E-state index in [0.29, 0.717) is 10.7 Å². The summed E-state index contributed by atoms with van der Waals surface area (Å²) in [6.07, 6.45) is -4.74. The molecule has 0 radical (unpaired) electrons. The van der Waals surface area contributed by atoms with Crippen molar-refractivity contribution in [2.45, 2.75) is 31.6 Å². The first-order valence-electron chi connectivity index (χ1n) is 9.27. The number of nitrogens with zero attached hydrogens (tertiary/aromatic N) is 2. The fraction of sp³-hybridized carbons (Fsp3) is 0.238. The Bertz CT molecular complexity index is 1080. The third-order valence-electron chi connectivity index (χ3n) is 5.02. The smallest absolute Gasteiger partial charge is 0.363 e. The van der Waals surface area contributed by atoms with Crippen LogP contribution in [0.3, 0.4) is 0 Å². The molecule has 5 nitrogen and oxygen atoms in total. The molecule has 4 rings (SSSR count). The number of benzene rings is 2. The Morgan fingerprint density at radius 1 is 1.20 bits per heavy atom. The van der Waals surface area contributed by atoms with Crippen LogP contribution in [-0.4, -0.2) is 21.9 Å². The van der Waals surface area contributed by atoms with Crippen LogP contribution in [0.25, 0.3) is 0 Å². The first kappa shape index (κ1) is 20.3. The summed E-state index contributed by atoms with van der Waals surface area (Å²) in [5, 5.41) is 9.93. The average Bonchev–Trinajstić information content (AvgIpc) is 3.13. The number of nitrogens with one attached hydrogen (secondary N) is 2. The minimum atomic E-state index is -4.51. The van der Waals surface area contributed by atoms with Crippen molar-refractivity contribution in [3.05, 3.63) is 76.4 Å². The normalized spacial score (nSPS) is 18.4. The molecule has 9 heteroatoms. The summed E-state index contributed by atoms with van der Waals surface area (Å²) in [7, 11) is 0. The second-order valence-electron chi connectivity index (χ2n) is 7.19. The lowest BCUT2D eigenvalue weighted by molar-refractivity contribution is -0.173. The second kappa shape index (κ2) is 7.68. The summed E-state index contributed by atoms with van der Waals surface area (Å²) in [6, 6.07) is 12.8. The molecule has 2 heterocycles. The maximum absolute atomic E-state index is 13.8. The summed E-state index contributed by atoms with van der Waals surface area (Å²) in [5.74, 6) is -0.502. The van der Waals surface area contributed by atoms with Gasteiger partial charge in [0.1, 0.15) is 5.82 Å². The maximum atomic E-state index is 13.8. The van der Waals surface area contributed by atoms with E-state index in [1.165, 1.54) is 6.07 Å². The molecule has 3 aromatic rings. The number of anilines is 2. The van der Waals surface area contributed by atoms with Gasteiger partial charge >= 0.3 is 6.18 Å². The van der Waals surface area contributed by atoms with Crippen LogP contribution in [0.15, 0.2) is 54.6 Å². The maximum Gasteiger partial charge on any atom is 0.410 e. The Balaban J connectivity index is 1.65. The zero-order valence-electron chi connectivity index (χ0n) is 15.9. The van der Waals surface area contributed by atoms with Crippen LogP contribution in [0.4, 0.5) is 24.7 Å². The Kier molecular flexibility index (Phi) is 5.19. The van der Waals surface area contributed by atoms with E-state index in [9.17, 15) is 18.0 Å². The lowest BCUT2D eigenvalue weighted by Gasteiger charge is -2.33. The van der Waals surface area contributed by atoms with Crippen molar-refractivity contribution in [2.24, 2.45) is 0 Å². The van der Waals surface area contributed by atoms with Gasteiger partial charge in [-0.1, -0.05) is 53.6 Å². The molecule has 30 heavy (non-hydrogen) atoms. The number of aryl methyl sites for hydroxylation is 1. The standard InChI is InChI=1S/C21H18ClF3N4O/c1-12-6-8-13(9-7-12)16-10-18(21(23,24)25)29-19(26-16)11-17(28-29)20(30)27-15-5-3-2-4-14(15)22/h2-9,11,16,18,26H,10H2,1H3,(H,27,30)/t16-,18+/m0/s1. The molecule has 0 saturated carbocycles. The molecule has 1 amide bonds. The van der Waals surface area contributed by atoms with Crippen molar-refractivity contribution in [1.29, 1.82) is 0 Å². The lowest BCUT2D eigenvalue weighted by atomic mass is 9.96. The van der Waals surface area contributed by atoms with Gasteiger partial charge in [-0.15, -0.1) is 0 Å². The van der Waals surface area contributed by atoms with E-state index in [-0.39, 0.29) is 17.9 Å². The van der Waals surface area contributed by atoms with Gasteiger partial charge in [0, 0.05) is 12.5 Å². The van der Waals surface area contributed by atoms with Crippen molar-refractivity contribution < 1.29 is 18.0 Å². The molecule has 2 N–H and O–H groups in total. The molecule has 156 valence electrons. The summed E-state index contributed by atoms with van der Waals surface area (Å²) < 4.78 is 42.2. The number of carbonyl (C=O) groups is 1. The number of alkyl halides is 3. The SMILES string of the molecule is Cc1ccc([C@@H]2C[C@H](C(F)(F)F)n3nc(C(=O)Nc4ccccc4Cl)cc3N2)cc1. The molecule has 0 aliphatic carbocycles. The van der Waals surface area contributed by atoms with Crippen molar-refractivity contribution in [3.8, 4) is 0 Å². The molecule has 2 atom stereocenters. The Hall–Kier alpha value is -3.00. The van der Waals surface area contributed by atoms with Crippen LogP contribution in [0.1, 0.15) is 40.1 Å². The molecule has 0 unspecified atom stereocenters. The predicted molar refractivity (Wildman–Crippen MR) is 109 cm³/mol. The number of halogens is 4. The number of rotatable bonds is 3. The molecular formula is C21H18ClF3N4O. The van der Waals surface area contributed by atoms with E-state index in [1.807, 2.05) is 19.1 Å². The number of aromatic nitrogens is 2. The molecule has 2 aromatic carbocycles. The van der Waals surface area contributed by atoms with Gasteiger partial charge in [-0.05, 0) is 24.6 Å². The van der Waals surface area contributed by atoms with Crippen molar-refractivity contribution in [3.63, 3.8) is 0 Å². The summed E-state index contributed by atoms with van der Waals surface area (Å²) in [4.78, 5) is 12.6. The van der Waals surface area contributed by atoms with E-state index in [2.05, 4.69) is 15.7 Å². The Labute approximate surface area is 175 Å². The van der Waals surface area contributed by atoms with Crippen molar-refractivity contribution in [2.75, 3.05) is 10.6 Å². The first-order chi connectivity index (χ1) is 14.2. The highest BCUT2D eigenvalue weighted by molar-refractivity contribution is 6.33. The number of amides is 1. The molecule has 1 aliphatic rings. The minimum absolute atomic E-state index is 0.128. The van der Waals surface area contributed by atoms with Gasteiger partial charge in [0.15, 0.2) is 11.7 Å². The number of hydrogen-bond acceptors (Lipinski definition) is 3. The summed E-state index contributed by atoms with van der Waals surface area (Å²) in [6.45, 7) is 1.91. The van der Waals surface area contributed by atoms with E-state index >= 15 is 0 Å². The highest BCUT2D eigenvalue weighted by Gasteiger charge is 2.46. The van der Waals surface area contributed by atoms with Crippen LogP contribution in [0, 0.1) is 6.92 Å². The molecular weight excluding hydrogens is 417 g/mol. The number of hydrogen-bond donors (Lipinski definition) is 2. The average molecular weight is 435 g/mol. The topological polar surface area (TPSA) is 59.0 Å². The fourth-order valence-electron chi connectivity index (χ4n) is 3.45.